The first-order valence-electron chi connectivity index (χ1n) is 7.54. The summed E-state index contributed by atoms with van der Waals surface area (Å²) in [7, 11) is 0. The average Bonchev–Trinajstić information content (AvgIpc) is 3.14. The maximum absolute atomic E-state index is 12.2. The van der Waals surface area contributed by atoms with E-state index < -0.39 is 5.60 Å². The predicted octanol–water partition coefficient (Wildman–Crippen LogP) is 3.26. The van der Waals surface area contributed by atoms with Crippen LogP contribution in [-0.4, -0.2) is 18.2 Å². The van der Waals surface area contributed by atoms with Gasteiger partial charge in [-0.2, -0.15) is 0 Å². The molecule has 2 atom stereocenters. The Bertz CT molecular complexity index is 624. The van der Waals surface area contributed by atoms with Crippen LogP contribution >= 0.6 is 0 Å². The lowest BCUT2D eigenvalue weighted by atomic mass is 9.91. The van der Waals surface area contributed by atoms with Gasteiger partial charge in [0.2, 0.25) is 0 Å². The Balaban J connectivity index is 1.75. The molecule has 2 aromatic carbocycles. The van der Waals surface area contributed by atoms with Crippen molar-refractivity contribution in [3.63, 3.8) is 0 Å². The van der Waals surface area contributed by atoms with Gasteiger partial charge in [-0.1, -0.05) is 48.5 Å². The Morgan fingerprint density at radius 2 is 1.68 bits per heavy atom. The van der Waals surface area contributed by atoms with Crippen molar-refractivity contribution in [1.82, 2.24) is 0 Å². The molecule has 0 aliphatic carbocycles. The lowest BCUT2D eigenvalue weighted by Crippen LogP contribution is -2.35. The number of esters is 1. The molecule has 0 N–H and O–H groups in total. The maximum Gasteiger partial charge on any atom is 0.341 e. The topological polar surface area (TPSA) is 38.8 Å². The van der Waals surface area contributed by atoms with Gasteiger partial charge in [-0.3, -0.25) is 4.84 Å². The predicted molar refractivity (Wildman–Crippen MR) is 82.1 cm³/mol. The van der Waals surface area contributed by atoms with Gasteiger partial charge >= 0.3 is 5.97 Å². The van der Waals surface area contributed by atoms with Gasteiger partial charge in [0.05, 0.1) is 18.3 Å². The maximum atomic E-state index is 12.2. The summed E-state index contributed by atoms with van der Waals surface area (Å²) in [5, 5.41) is 1.86. The Morgan fingerprint density at radius 3 is 2.32 bits per heavy atom. The number of benzene rings is 2. The van der Waals surface area contributed by atoms with E-state index in [1.165, 1.54) is 0 Å². The zero-order valence-electron chi connectivity index (χ0n) is 12.1. The number of hydrogen-bond donors (Lipinski definition) is 0. The van der Waals surface area contributed by atoms with Gasteiger partial charge in [0.25, 0.3) is 0 Å². The second-order valence-electron chi connectivity index (χ2n) is 5.76. The van der Waals surface area contributed by atoms with Crippen LogP contribution in [0.1, 0.15) is 24.4 Å². The molecular weight excluding hydrogens is 278 g/mol. The molecule has 4 rings (SSSR count). The zero-order chi connectivity index (χ0) is 15.0. The second-order valence-corrected chi connectivity index (χ2v) is 5.76. The van der Waals surface area contributed by atoms with Gasteiger partial charge in [-0.25, -0.2) is 9.86 Å². The molecule has 0 radical (unpaired) electrons. The van der Waals surface area contributed by atoms with Crippen LogP contribution in [0, 0.1) is 0 Å². The van der Waals surface area contributed by atoms with Crippen LogP contribution < -0.4 is 5.06 Å². The van der Waals surface area contributed by atoms with E-state index in [0.29, 0.717) is 19.4 Å². The lowest BCUT2D eigenvalue weighted by Gasteiger charge is -2.25. The van der Waals surface area contributed by atoms with E-state index in [4.69, 9.17) is 9.57 Å². The summed E-state index contributed by atoms with van der Waals surface area (Å²) in [6.45, 7) is 0.434. The molecule has 22 heavy (non-hydrogen) atoms. The summed E-state index contributed by atoms with van der Waals surface area (Å²) >= 11 is 0. The van der Waals surface area contributed by atoms with Crippen molar-refractivity contribution in [3.05, 3.63) is 66.2 Å². The SMILES string of the molecule is O=C1OCC[C@@]12C[C@@H](c1ccccc1)N(c1ccccc1)O2. The standard InChI is InChI=1S/C18H17NO3/c20-17-18(11-12-21-17)13-16(14-7-3-1-4-8-14)19(22-18)15-9-5-2-6-10-15/h1-10,16H,11-13H2/t16-,18+/m0/s1. The highest BCUT2D eigenvalue weighted by atomic mass is 16.7. The summed E-state index contributed by atoms with van der Waals surface area (Å²) in [5.74, 6) is -0.244. The van der Waals surface area contributed by atoms with Gasteiger partial charge in [0.15, 0.2) is 5.60 Å². The third-order valence-electron chi connectivity index (χ3n) is 4.39. The fraction of sp³-hybridized carbons (Fsp3) is 0.278. The summed E-state index contributed by atoms with van der Waals surface area (Å²) in [6.07, 6.45) is 1.23. The van der Waals surface area contributed by atoms with E-state index >= 15 is 0 Å². The van der Waals surface area contributed by atoms with E-state index in [0.717, 1.165) is 11.3 Å². The molecule has 0 saturated carbocycles. The Labute approximate surface area is 129 Å². The molecule has 2 heterocycles. The first kappa shape index (κ1) is 13.3. The smallest absolute Gasteiger partial charge is 0.341 e. The van der Waals surface area contributed by atoms with Crippen LogP contribution in [0.15, 0.2) is 60.7 Å². The Kier molecular flexibility index (Phi) is 3.12. The highest BCUT2D eigenvalue weighted by Gasteiger charge is 2.55. The molecule has 0 unspecified atom stereocenters. The molecular formula is C18H17NO3. The zero-order valence-corrected chi connectivity index (χ0v) is 12.1. The van der Waals surface area contributed by atoms with Gasteiger partial charge in [0.1, 0.15) is 0 Å². The molecule has 2 aliphatic heterocycles. The molecule has 4 heteroatoms. The molecule has 0 bridgehead atoms. The first-order chi connectivity index (χ1) is 10.8. The van der Waals surface area contributed by atoms with Crippen LogP contribution in [0.2, 0.25) is 0 Å². The number of ether oxygens (including phenoxy) is 1. The molecule has 112 valence electrons. The van der Waals surface area contributed by atoms with Crippen molar-refractivity contribution >= 4 is 11.7 Å². The van der Waals surface area contributed by atoms with E-state index in [-0.39, 0.29) is 12.0 Å². The third-order valence-corrected chi connectivity index (χ3v) is 4.39. The summed E-state index contributed by atoms with van der Waals surface area (Å²) in [4.78, 5) is 18.3. The minimum atomic E-state index is -0.837. The highest BCUT2D eigenvalue weighted by Crippen LogP contribution is 2.47. The van der Waals surface area contributed by atoms with E-state index in [1.54, 1.807) is 0 Å². The number of para-hydroxylation sites is 1. The van der Waals surface area contributed by atoms with Crippen LogP contribution in [0.4, 0.5) is 5.69 Å². The number of anilines is 1. The molecule has 0 aromatic heterocycles. The van der Waals surface area contributed by atoms with E-state index in [9.17, 15) is 4.79 Å². The van der Waals surface area contributed by atoms with Crippen molar-refractivity contribution in [2.24, 2.45) is 0 Å². The molecule has 1 spiro atoms. The van der Waals surface area contributed by atoms with Crippen molar-refractivity contribution in [2.75, 3.05) is 11.7 Å². The van der Waals surface area contributed by atoms with E-state index in [2.05, 4.69) is 12.1 Å². The minimum absolute atomic E-state index is 0.00856. The number of rotatable bonds is 2. The van der Waals surface area contributed by atoms with Gasteiger partial charge in [0, 0.05) is 12.8 Å². The van der Waals surface area contributed by atoms with Crippen LogP contribution in [0.5, 0.6) is 0 Å². The fourth-order valence-electron chi connectivity index (χ4n) is 3.23. The first-order valence-corrected chi connectivity index (χ1v) is 7.54. The van der Waals surface area contributed by atoms with Crippen molar-refractivity contribution < 1.29 is 14.4 Å². The lowest BCUT2D eigenvalue weighted by molar-refractivity contribution is -0.155. The van der Waals surface area contributed by atoms with Crippen LogP contribution in [-0.2, 0) is 14.4 Å². The Hall–Kier alpha value is -2.33. The van der Waals surface area contributed by atoms with Crippen LogP contribution in [0.3, 0.4) is 0 Å². The van der Waals surface area contributed by atoms with Crippen LogP contribution in [0.25, 0.3) is 0 Å². The molecule has 2 aromatic rings. The van der Waals surface area contributed by atoms with Gasteiger partial charge in [-0.15, -0.1) is 0 Å². The minimum Gasteiger partial charge on any atom is -0.463 e. The largest absolute Gasteiger partial charge is 0.463 e. The molecule has 0 amide bonds. The third kappa shape index (κ3) is 2.07. The normalized spacial score (nSPS) is 27.4. The van der Waals surface area contributed by atoms with E-state index in [1.807, 2.05) is 53.6 Å². The number of hydrogen-bond acceptors (Lipinski definition) is 4. The number of carbonyl (C=O) groups is 1. The summed E-state index contributed by atoms with van der Waals surface area (Å²) < 4.78 is 5.17. The average molecular weight is 295 g/mol. The number of hydroxylamine groups is 1. The second kappa shape index (κ2) is 5.14. The number of cyclic esters (lactones) is 1. The monoisotopic (exact) mass is 295 g/mol. The fourth-order valence-corrected chi connectivity index (χ4v) is 3.23. The van der Waals surface area contributed by atoms with Gasteiger partial charge in [-0.05, 0) is 17.7 Å². The molecule has 2 fully saturated rings. The molecule has 2 aliphatic rings. The van der Waals surface area contributed by atoms with Crippen molar-refractivity contribution in [2.45, 2.75) is 24.5 Å². The Morgan fingerprint density at radius 1 is 1.00 bits per heavy atom. The highest BCUT2D eigenvalue weighted by molar-refractivity contribution is 5.82. The molecule has 2 saturated heterocycles. The molecule has 4 nitrogen and oxygen atoms in total. The van der Waals surface area contributed by atoms with Crippen molar-refractivity contribution in [3.8, 4) is 0 Å². The van der Waals surface area contributed by atoms with Gasteiger partial charge < -0.3 is 4.74 Å². The number of carbonyl (C=O) groups excluding carboxylic acids is 1. The summed E-state index contributed by atoms with van der Waals surface area (Å²) in [6, 6.07) is 20.1. The van der Waals surface area contributed by atoms with Crippen molar-refractivity contribution in [1.29, 1.82) is 0 Å². The summed E-state index contributed by atoms with van der Waals surface area (Å²) in [5.41, 5.74) is 1.26. The quantitative estimate of drug-likeness (QED) is 0.797. The number of nitrogens with zero attached hydrogens (tertiary/aromatic N) is 1.